The molecule has 1 aliphatic heterocycles. The van der Waals surface area contributed by atoms with Crippen molar-refractivity contribution in [2.24, 2.45) is 11.8 Å². The van der Waals surface area contributed by atoms with Gasteiger partial charge in [-0.15, -0.1) is 0 Å². The normalized spacial score (nSPS) is 44.4. The Labute approximate surface area is 117 Å². The molecule has 0 aromatic heterocycles. The first-order valence-electron chi connectivity index (χ1n) is 8.40. The van der Waals surface area contributed by atoms with Crippen molar-refractivity contribution in [3.8, 4) is 0 Å². The molecule has 1 saturated heterocycles. The van der Waals surface area contributed by atoms with Crippen LogP contribution in [0.1, 0.15) is 51.9 Å². The summed E-state index contributed by atoms with van der Waals surface area (Å²) in [5, 5.41) is 7.66. The minimum atomic E-state index is 0.594. The summed E-state index contributed by atoms with van der Waals surface area (Å²) in [4.78, 5) is 0. The monoisotopic (exact) mass is 266 g/mol. The molecule has 0 spiro atoms. The third-order valence-corrected chi connectivity index (χ3v) is 5.50. The number of rotatable bonds is 3. The van der Waals surface area contributed by atoms with Crippen molar-refractivity contribution in [1.29, 1.82) is 0 Å². The van der Waals surface area contributed by atoms with E-state index in [9.17, 15) is 0 Å². The molecule has 3 aliphatic rings. The first kappa shape index (κ1) is 13.8. The molecule has 0 aromatic rings. The Kier molecular flexibility index (Phi) is 4.78. The van der Waals surface area contributed by atoms with Crippen LogP contribution < -0.4 is 10.6 Å². The molecular weight excluding hydrogens is 236 g/mol. The molecule has 110 valence electrons. The molecule has 3 rings (SSSR count). The molecule has 19 heavy (non-hydrogen) atoms. The van der Waals surface area contributed by atoms with Gasteiger partial charge in [0.2, 0.25) is 0 Å². The van der Waals surface area contributed by atoms with Gasteiger partial charge in [-0.2, -0.15) is 0 Å². The lowest BCUT2D eigenvalue weighted by Crippen LogP contribution is -2.52. The van der Waals surface area contributed by atoms with Crippen LogP contribution in [0.5, 0.6) is 0 Å². The van der Waals surface area contributed by atoms with Crippen molar-refractivity contribution in [3.63, 3.8) is 0 Å². The lowest BCUT2D eigenvalue weighted by molar-refractivity contribution is 0.0510. The highest BCUT2D eigenvalue weighted by Gasteiger charge is 2.35. The Balaban J connectivity index is 1.51. The number of hydrogen-bond donors (Lipinski definition) is 2. The summed E-state index contributed by atoms with van der Waals surface area (Å²) in [6.07, 6.45) is 9.75. The maximum atomic E-state index is 5.66. The van der Waals surface area contributed by atoms with Crippen LogP contribution in [0.2, 0.25) is 0 Å². The third kappa shape index (κ3) is 3.50. The second-order valence-electron chi connectivity index (χ2n) is 6.96. The summed E-state index contributed by atoms with van der Waals surface area (Å²) in [5.74, 6) is 1.74. The molecule has 3 nitrogen and oxygen atoms in total. The third-order valence-electron chi connectivity index (χ3n) is 5.50. The van der Waals surface area contributed by atoms with Gasteiger partial charge in [-0.3, -0.25) is 0 Å². The number of nitrogens with one attached hydrogen (secondary N) is 2. The molecule has 0 radical (unpaired) electrons. The molecule has 2 aliphatic carbocycles. The van der Waals surface area contributed by atoms with Crippen molar-refractivity contribution in [2.75, 3.05) is 19.8 Å². The SMILES string of the molecule is CC1CCC(NC2CCCC2C2COCCN2)CC1. The Morgan fingerprint density at radius 1 is 1.05 bits per heavy atom. The van der Waals surface area contributed by atoms with Crippen LogP contribution in [-0.4, -0.2) is 37.9 Å². The van der Waals surface area contributed by atoms with Gasteiger partial charge in [-0.05, 0) is 50.4 Å². The van der Waals surface area contributed by atoms with Crippen molar-refractivity contribution in [1.82, 2.24) is 10.6 Å². The van der Waals surface area contributed by atoms with Gasteiger partial charge in [-0.25, -0.2) is 0 Å². The molecule has 3 heteroatoms. The summed E-state index contributed by atoms with van der Waals surface area (Å²) < 4.78 is 5.66. The van der Waals surface area contributed by atoms with Gasteiger partial charge in [0.15, 0.2) is 0 Å². The first-order chi connectivity index (χ1) is 9.33. The van der Waals surface area contributed by atoms with E-state index in [-0.39, 0.29) is 0 Å². The molecule has 1 heterocycles. The maximum Gasteiger partial charge on any atom is 0.0623 e. The van der Waals surface area contributed by atoms with E-state index in [1.807, 2.05) is 0 Å². The van der Waals surface area contributed by atoms with Crippen molar-refractivity contribution in [2.45, 2.75) is 70.0 Å². The Bertz CT molecular complexity index is 270. The van der Waals surface area contributed by atoms with E-state index in [1.165, 1.54) is 44.9 Å². The quantitative estimate of drug-likeness (QED) is 0.822. The molecule has 0 bridgehead atoms. The topological polar surface area (TPSA) is 33.3 Å². The standard InChI is InChI=1S/C16H30N2O/c1-12-5-7-13(8-6-12)18-15-4-2-3-14(15)16-11-19-10-9-17-16/h12-18H,2-11H2,1H3. The van der Waals surface area contributed by atoms with Gasteiger partial charge in [0.25, 0.3) is 0 Å². The Morgan fingerprint density at radius 2 is 1.89 bits per heavy atom. The van der Waals surface area contributed by atoms with E-state index >= 15 is 0 Å². The average molecular weight is 266 g/mol. The average Bonchev–Trinajstić information content (AvgIpc) is 2.90. The minimum Gasteiger partial charge on any atom is -0.379 e. The zero-order valence-electron chi connectivity index (χ0n) is 12.4. The van der Waals surface area contributed by atoms with Crippen LogP contribution in [0.15, 0.2) is 0 Å². The fourth-order valence-corrected chi connectivity index (χ4v) is 4.27. The summed E-state index contributed by atoms with van der Waals surface area (Å²) in [6, 6.07) is 2.11. The van der Waals surface area contributed by atoms with Gasteiger partial charge >= 0.3 is 0 Å². The molecular formula is C16H30N2O. The van der Waals surface area contributed by atoms with E-state index in [0.717, 1.165) is 43.7 Å². The van der Waals surface area contributed by atoms with Crippen molar-refractivity contribution in [3.05, 3.63) is 0 Å². The predicted molar refractivity (Wildman–Crippen MR) is 78.3 cm³/mol. The van der Waals surface area contributed by atoms with E-state index in [1.54, 1.807) is 0 Å². The van der Waals surface area contributed by atoms with E-state index < -0.39 is 0 Å². The maximum absolute atomic E-state index is 5.66. The highest BCUT2D eigenvalue weighted by molar-refractivity contribution is 4.94. The van der Waals surface area contributed by atoms with Crippen molar-refractivity contribution >= 4 is 0 Å². The number of hydrogen-bond acceptors (Lipinski definition) is 3. The molecule has 0 aromatic carbocycles. The van der Waals surface area contributed by atoms with Gasteiger partial charge in [0.1, 0.15) is 0 Å². The highest BCUT2D eigenvalue weighted by atomic mass is 16.5. The van der Waals surface area contributed by atoms with Crippen LogP contribution >= 0.6 is 0 Å². The Morgan fingerprint density at radius 3 is 2.63 bits per heavy atom. The van der Waals surface area contributed by atoms with Gasteiger partial charge in [0, 0.05) is 24.7 Å². The smallest absolute Gasteiger partial charge is 0.0623 e. The molecule has 2 saturated carbocycles. The van der Waals surface area contributed by atoms with Crippen LogP contribution in [0.3, 0.4) is 0 Å². The second-order valence-corrected chi connectivity index (χ2v) is 6.96. The van der Waals surface area contributed by atoms with Crippen LogP contribution in [0, 0.1) is 11.8 Å². The van der Waals surface area contributed by atoms with Gasteiger partial charge in [-0.1, -0.05) is 13.3 Å². The van der Waals surface area contributed by atoms with Crippen LogP contribution in [0.4, 0.5) is 0 Å². The summed E-state index contributed by atoms with van der Waals surface area (Å²) in [6.45, 7) is 5.25. The summed E-state index contributed by atoms with van der Waals surface area (Å²) >= 11 is 0. The van der Waals surface area contributed by atoms with Crippen molar-refractivity contribution < 1.29 is 4.74 Å². The molecule has 2 N–H and O–H groups in total. The van der Waals surface area contributed by atoms with E-state index in [0.29, 0.717) is 6.04 Å². The van der Waals surface area contributed by atoms with Gasteiger partial charge < -0.3 is 15.4 Å². The zero-order valence-corrected chi connectivity index (χ0v) is 12.4. The molecule has 3 fully saturated rings. The minimum absolute atomic E-state index is 0.594. The Hall–Kier alpha value is -0.120. The van der Waals surface area contributed by atoms with Crippen LogP contribution in [-0.2, 0) is 4.74 Å². The zero-order chi connectivity index (χ0) is 13.1. The largest absolute Gasteiger partial charge is 0.379 e. The van der Waals surface area contributed by atoms with E-state index in [4.69, 9.17) is 4.74 Å². The number of morpholine rings is 1. The highest BCUT2D eigenvalue weighted by Crippen LogP contribution is 2.32. The summed E-state index contributed by atoms with van der Waals surface area (Å²) in [7, 11) is 0. The van der Waals surface area contributed by atoms with E-state index in [2.05, 4.69) is 17.6 Å². The first-order valence-corrected chi connectivity index (χ1v) is 8.40. The molecule has 3 atom stereocenters. The molecule has 3 unspecified atom stereocenters. The fourth-order valence-electron chi connectivity index (χ4n) is 4.27. The van der Waals surface area contributed by atoms with Gasteiger partial charge in [0.05, 0.1) is 13.2 Å². The fraction of sp³-hybridized carbons (Fsp3) is 1.00. The lowest BCUT2D eigenvalue weighted by atomic mass is 9.86. The molecule has 0 amide bonds. The summed E-state index contributed by atoms with van der Waals surface area (Å²) in [5.41, 5.74) is 0. The number of ether oxygens (including phenoxy) is 1. The second kappa shape index (κ2) is 6.55. The lowest BCUT2D eigenvalue weighted by Gasteiger charge is -2.36. The predicted octanol–water partition coefficient (Wildman–Crippen LogP) is 2.31. The van der Waals surface area contributed by atoms with Crippen LogP contribution in [0.25, 0.3) is 0 Å².